The Morgan fingerprint density at radius 1 is 0.680 bits per heavy atom. The topological polar surface area (TPSA) is 210 Å². The molecule has 2 aromatic heterocycles. The number of ether oxygens (including phenoxy) is 4. The van der Waals surface area contributed by atoms with E-state index in [1.165, 1.54) is 0 Å². The van der Waals surface area contributed by atoms with Crippen LogP contribution < -0.4 is 5.73 Å². The summed E-state index contributed by atoms with van der Waals surface area (Å²) in [7, 11) is 4.17. The van der Waals surface area contributed by atoms with Crippen LogP contribution in [0, 0.1) is 10.1 Å². The van der Waals surface area contributed by atoms with Crippen LogP contribution >= 0.6 is 0 Å². The molecule has 0 aliphatic heterocycles. The fourth-order valence-electron chi connectivity index (χ4n) is 4.10. The fourth-order valence-corrected chi connectivity index (χ4v) is 4.10. The number of aromatic nitrogens is 4. The third kappa shape index (κ3) is 8.14. The SMILES string of the molecule is COC(=O)c1cn(-c2cc(C(=O)OC)c(N)cc2C(F)(F)F)cn1.COC(=O)c1cn(-c2cc(C(=O)OC)c([N+](=O)[O-])cc2C(F)(F)F)cn1. The van der Waals surface area contributed by atoms with Gasteiger partial charge in [0.1, 0.15) is 18.2 Å². The molecule has 0 bridgehead atoms. The van der Waals surface area contributed by atoms with Crippen molar-refractivity contribution in [1.29, 1.82) is 0 Å². The largest absolute Gasteiger partial charge is 0.465 e. The molecule has 0 unspecified atom stereocenters. The van der Waals surface area contributed by atoms with E-state index in [9.17, 15) is 55.6 Å². The van der Waals surface area contributed by atoms with Crippen molar-refractivity contribution in [2.75, 3.05) is 34.2 Å². The van der Waals surface area contributed by atoms with Crippen molar-refractivity contribution in [3.8, 4) is 11.4 Å². The summed E-state index contributed by atoms with van der Waals surface area (Å²) < 4.78 is 99.3. The molecule has 2 heterocycles. The van der Waals surface area contributed by atoms with Gasteiger partial charge in [0.05, 0.1) is 61.4 Å². The first-order chi connectivity index (χ1) is 23.3. The lowest BCUT2D eigenvalue weighted by atomic mass is 10.1. The maximum Gasteiger partial charge on any atom is 0.418 e. The number of anilines is 1. The summed E-state index contributed by atoms with van der Waals surface area (Å²) in [6.07, 6.45) is -5.87. The molecule has 0 fully saturated rings. The Hall–Kier alpha value is -6.48. The number of carbonyl (C=O) groups is 4. The number of alkyl halides is 6. The van der Waals surface area contributed by atoms with Crippen molar-refractivity contribution in [2.24, 2.45) is 0 Å². The monoisotopic (exact) mass is 716 g/mol. The van der Waals surface area contributed by atoms with Crippen molar-refractivity contribution in [1.82, 2.24) is 19.1 Å². The Kier molecular flexibility index (Phi) is 11.2. The summed E-state index contributed by atoms with van der Waals surface area (Å²) in [5.74, 6) is -3.80. The Morgan fingerprint density at radius 2 is 1.06 bits per heavy atom. The summed E-state index contributed by atoms with van der Waals surface area (Å²) in [5, 5.41) is 11.1. The van der Waals surface area contributed by atoms with E-state index in [4.69, 9.17) is 5.73 Å². The van der Waals surface area contributed by atoms with Gasteiger partial charge in [0.25, 0.3) is 5.69 Å². The van der Waals surface area contributed by atoms with Crippen molar-refractivity contribution < 1.29 is 69.4 Å². The molecule has 266 valence electrons. The highest BCUT2D eigenvalue weighted by Gasteiger charge is 2.39. The van der Waals surface area contributed by atoms with Gasteiger partial charge in [-0.1, -0.05) is 0 Å². The number of hydrogen-bond acceptors (Lipinski definition) is 13. The highest BCUT2D eigenvalue weighted by atomic mass is 19.4. The fraction of sp³-hybridized carbons (Fsp3) is 0.214. The zero-order valence-corrected chi connectivity index (χ0v) is 25.8. The smallest absolute Gasteiger partial charge is 0.418 e. The van der Waals surface area contributed by atoms with Crippen LogP contribution in [-0.4, -0.2) is 76.3 Å². The first-order valence-corrected chi connectivity index (χ1v) is 13.1. The van der Waals surface area contributed by atoms with Gasteiger partial charge in [-0.25, -0.2) is 29.1 Å². The lowest BCUT2D eigenvalue weighted by Gasteiger charge is -2.16. The van der Waals surface area contributed by atoms with E-state index in [1.807, 2.05) is 0 Å². The summed E-state index contributed by atoms with van der Waals surface area (Å²) >= 11 is 0. The Labute approximate surface area is 275 Å². The van der Waals surface area contributed by atoms with Crippen LogP contribution in [0.4, 0.5) is 37.7 Å². The normalized spacial score (nSPS) is 11.2. The average Bonchev–Trinajstić information content (AvgIpc) is 3.77. The number of carbonyl (C=O) groups excluding carboxylic acids is 4. The Morgan fingerprint density at radius 3 is 1.44 bits per heavy atom. The van der Waals surface area contributed by atoms with Gasteiger partial charge in [-0.3, -0.25) is 10.1 Å². The molecule has 4 aromatic rings. The molecule has 0 atom stereocenters. The highest BCUT2D eigenvalue weighted by molar-refractivity contribution is 5.96. The Bertz CT molecular complexity index is 1970. The number of rotatable bonds is 7. The van der Waals surface area contributed by atoms with Crippen molar-refractivity contribution in [3.63, 3.8) is 0 Å². The summed E-state index contributed by atoms with van der Waals surface area (Å²) in [4.78, 5) is 63.4. The maximum atomic E-state index is 13.4. The minimum Gasteiger partial charge on any atom is -0.465 e. The summed E-state index contributed by atoms with van der Waals surface area (Å²) in [6.45, 7) is 0. The van der Waals surface area contributed by atoms with Crippen molar-refractivity contribution >= 4 is 35.3 Å². The predicted molar refractivity (Wildman–Crippen MR) is 154 cm³/mol. The standard InChI is InChI=1S/C14H10F3N3O6.C14H12F3N3O4/c1-25-12(21)7-3-11(19-5-9(18-6-19)13(22)26-2)8(14(15,16)17)4-10(7)20(23)24;1-23-12(21)7-3-11(8(4-9(7)18)14(15,16)17)20-5-10(19-6-20)13(22)24-2/h3-6H,1-2H3;3-6H,18H2,1-2H3. The Balaban J connectivity index is 0.000000271. The average molecular weight is 717 g/mol. The molecular formula is C28H22F6N6O10. The molecule has 22 heteroatoms. The van der Waals surface area contributed by atoms with Gasteiger partial charge in [-0.2, -0.15) is 26.3 Å². The van der Waals surface area contributed by atoms with Crippen LogP contribution in [0.25, 0.3) is 11.4 Å². The zero-order chi connectivity index (χ0) is 37.7. The minimum atomic E-state index is -4.98. The zero-order valence-electron chi connectivity index (χ0n) is 25.8. The second-order valence-electron chi connectivity index (χ2n) is 9.39. The number of imidazole rings is 2. The number of benzene rings is 2. The summed E-state index contributed by atoms with van der Waals surface area (Å²) in [6, 6.07) is 2.42. The van der Waals surface area contributed by atoms with Gasteiger partial charge in [0, 0.05) is 24.1 Å². The minimum absolute atomic E-state index is 0.193. The van der Waals surface area contributed by atoms with E-state index in [1.54, 1.807) is 0 Å². The third-order valence-electron chi connectivity index (χ3n) is 6.41. The number of methoxy groups -OCH3 is 4. The molecule has 0 radical (unpaired) electrons. The van der Waals surface area contributed by atoms with E-state index < -0.39 is 74.9 Å². The molecule has 0 saturated carbocycles. The quantitative estimate of drug-likeness (QED) is 0.0702. The molecule has 0 aliphatic rings. The van der Waals surface area contributed by atoms with Crippen LogP contribution in [0.5, 0.6) is 0 Å². The molecule has 0 amide bonds. The van der Waals surface area contributed by atoms with Crippen molar-refractivity contribution in [2.45, 2.75) is 12.4 Å². The molecule has 50 heavy (non-hydrogen) atoms. The van der Waals surface area contributed by atoms with Crippen LogP contribution in [-0.2, 0) is 31.3 Å². The molecule has 16 nitrogen and oxygen atoms in total. The van der Waals surface area contributed by atoms with Crippen LogP contribution in [0.15, 0.2) is 49.3 Å². The third-order valence-corrected chi connectivity index (χ3v) is 6.41. The van der Waals surface area contributed by atoms with E-state index in [2.05, 4.69) is 28.9 Å². The number of hydrogen-bond donors (Lipinski definition) is 1. The molecule has 2 aromatic carbocycles. The number of nitro benzene ring substituents is 1. The molecule has 0 aliphatic carbocycles. The van der Waals surface area contributed by atoms with Gasteiger partial charge >= 0.3 is 36.2 Å². The number of nitrogen functional groups attached to an aromatic ring is 1. The first kappa shape index (κ1) is 38.0. The number of halogens is 6. The number of nitro groups is 1. The number of nitrogens with two attached hydrogens (primary N) is 1. The van der Waals surface area contributed by atoms with E-state index >= 15 is 0 Å². The van der Waals surface area contributed by atoms with Gasteiger partial charge in [-0.15, -0.1) is 0 Å². The van der Waals surface area contributed by atoms with Gasteiger partial charge in [0.2, 0.25) is 0 Å². The van der Waals surface area contributed by atoms with Crippen molar-refractivity contribution in [3.05, 3.63) is 93.1 Å². The molecular weight excluding hydrogens is 694 g/mol. The molecule has 4 rings (SSSR count). The van der Waals surface area contributed by atoms with Crippen LogP contribution in [0.3, 0.4) is 0 Å². The maximum absolute atomic E-state index is 13.4. The van der Waals surface area contributed by atoms with Crippen LogP contribution in [0.1, 0.15) is 52.8 Å². The number of nitrogens with zero attached hydrogens (tertiary/aromatic N) is 5. The molecule has 0 saturated heterocycles. The van der Waals surface area contributed by atoms with E-state index in [0.717, 1.165) is 68.7 Å². The number of esters is 4. The molecule has 0 spiro atoms. The predicted octanol–water partition coefficient (Wildman–Crippen LogP) is 4.42. The van der Waals surface area contributed by atoms with Gasteiger partial charge in [0.15, 0.2) is 11.4 Å². The lowest BCUT2D eigenvalue weighted by molar-refractivity contribution is -0.385. The van der Waals surface area contributed by atoms with Crippen LogP contribution in [0.2, 0.25) is 0 Å². The summed E-state index contributed by atoms with van der Waals surface area (Å²) in [5.41, 5.74) is -0.920. The van der Waals surface area contributed by atoms with Gasteiger partial charge < -0.3 is 33.8 Å². The van der Waals surface area contributed by atoms with E-state index in [-0.39, 0.29) is 28.7 Å². The highest BCUT2D eigenvalue weighted by Crippen LogP contribution is 2.39. The lowest BCUT2D eigenvalue weighted by Crippen LogP contribution is -2.14. The first-order valence-electron chi connectivity index (χ1n) is 13.1. The second-order valence-corrected chi connectivity index (χ2v) is 9.39. The second kappa shape index (κ2) is 14.7. The van der Waals surface area contributed by atoms with E-state index in [0.29, 0.717) is 12.1 Å². The molecule has 2 N–H and O–H groups in total. The van der Waals surface area contributed by atoms with Gasteiger partial charge in [-0.05, 0) is 18.2 Å².